The van der Waals surface area contributed by atoms with Gasteiger partial charge in [0.1, 0.15) is 23.1 Å². The van der Waals surface area contributed by atoms with Gasteiger partial charge in [-0.25, -0.2) is 9.97 Å². The molecule has 1 aromatic carbocycles. The highest BCUT2D eigenvalue weighted by Gasteiger charge is 2.23. The van der Waals surface area contributed by atoms with E-state index in [2.05, 4.69) is 32.1 Å². The molecule has 0 spiro atoms. The summed E-state index contributed by atoms with van der Waals surface area (Å²) in [6.45, 7) is 8.11. The van der Waals surface area contributed by atoms with Crippen LogP contribution in [0.15, 0.2) is 24.5 Å². The van der Waals surface area contributed by atoms with Crippen molar-refractivity contribution in [2.45, 2.75) is 32.7 Å². The van der Waals surface area contributed by atoms with Gasteiger partial charge in [0.05, 0.1) is 6.61 Å². The number of H-pyrrole nitrogens is 1. The van der Waals surface area contributed by atoms with Gasteiger partial charge in [0.2, 0.25) is 0 Å². The number of aromatic nitrogens is 3. The Balaban J connectivity index is 1.64. The smallest absolute Gasteiger partial charge is 0.153 e. The molecule has 0 amide bonds. The van der Waals surface area contributed by atoms with Crippen LogP contribution in [0.5, 0.6) is 5.75 Å². The molecule has 0 bridgehead atoms. The first-order chi connectivity index (χ1) is 12.3. The number of rotatable bonds is 6. The van der Waals surface area contributed by atoms with Crippen molar-refractivity contribution >= 4 is 27.8 Å². The third-order valence-electron chi connectivity index (χ3n) is 5.07. The molecule has 0 radical (unpaired) electrons. The zero-order valence-electron chi connectivity index (χ0n) is 14.9. The van der Waals surface area contributed by atoms with E-state index >= 15 is 0 Å². The molecule has 1 fully saturated rings. The summed E-state index contributed by atoms with van der Waals surface area (Å²) in [5, 5.41) is 4.61. The number of aromatic amines is 1. The van der Waals surface area contributed by atoms with Crippen molar-refractivity contribution in [2.24, 2.45) is 0 Å². The number of nitrogens with zero attached hydrogens (tertiary/aromatic N) is 3. The Morgan fingerprint density at radius 2 is 2.24 bits per heavy atom. The number of benzene rings is 1. The Labute approximate surface area is 147 Å². The lowest BCUT2D eigenvalue weighted by Crippen LogP contribution is -2.34. The van der Waals surface area contributed by atoms with Crippen molar-refractivity contribution in [3.63, 3.8) is 0 Å². The van der Waals surface area contributed by atoms with Crippen LogP contribution in [0.25, 0.3) is 21.9 Å². The molecule has 3 aromatic rings. The maximum absolute atomic E-state index is 5.62. The second kappa shape index (κ2) is 6.88. The summed E-state index contributed by atoms with van der Waals surface area (Å²) in [4.78, 5) is 15.0. The van der Waals surface area contributed by atoms with Crippen LogP contribution in [0.3, 0.4) is 0 Å². The molecule has 2 N–H and O–H groups in total. The third kappa shape index (κ3) is 3.02. The highest BCUT2D eigenvalue weighted by atomic mass is 16.5. The zero-order chi connectivity index (χ0) is 17.2. The molecule has 2 aromatic heterocycles. The molecule has 6 nitrogen and oxygen atoms in total. The van der Waals surface area contributed by atoms with E-state index in [9.17, 15) is 0 Å². The lowest BCUT2D eigenvalue weighted by Gasteiger charge is -2.23. The minimum atomic E-state index is 0.587. The van der Waals surface area contributed by atoms with Gasteiger partial charge in [0.15, 0.2) is 5.82 Å². The van der Waals surface area contributed by atoms with E-state index in [0.29, 0.717) is 12.6 Å². The Hall–Kier alpha value is -2.34. The summed E-state index contributed by atoms with van der Waals surface area (Å²) in [6, 6.07) is 6.66. The van der Waals surface area contributed by atoms with Crippen molar-refractivity contribution in [1.82, 2.24) is 19.9 Å². The van der Waals surface area contributed by atoms with Crippen LogP contribution in [0.4, 0.5) is 5.82 Å². The molecule has 1 saturated heterocycles. The largest absolute Gasteiger partial charge is 0.494 e. The first kappa shape index (κ1) is 16.1. The lowest BCUT2D eigenvalue weighted by molar-refractivity contribution is 0.277. The highest BCUT2D eigenvalue weighted by molar-refractivity contribution is 6.08. The lowest BCUT2D eigenvalue weighted by atomic mass is 10.2. The molecule has 1 atom stereocenters. The van der Waals surface area contributed by atoms with E-state index in [1.54, 1.807) is 6.33 Å². The van der Waals surface area contributed by atoms with E-state index in [-0.39, 0.29) is 0 Å². The number of hydrogen-bond donors (Lipinski definition) is 2. The van der Waals surface area contributed by atoms with Gasteiger partial charge in [-0.15, -0.1) is 0 Å². The molecule has 25 heavy (non-hydrogen) atoms. The second-order valence-corrected chi connectivity index (χ2v) is 6.52. The number of ether oxygens (including phenoxy) is 1. The first-order valence-corrected chi connectivity index (χ1v) is 9.17. The van der Waals surface area contributed by atoms with Crippen LogP contribution in [-0.2, 0) is 0 Å². The van der Waals surface area contributed by atoms with Crippen molar-refractivity contribution in [1.29, 1.82) is 0 Å². The van der Waals surface area contributed by atoms with Gasteiger partial charge in [-0.05, 0) is 51.1 Å². The minimum Gasteiger partial charge on any atom is -0.494 e. The summed E-state index contributed by atoms with van der Waals surface area (Å²) >= 11 is 0. The molecule has 132 valence electrons. The molecule has 6 heteroatoms. The fourth-order valence-corrected chi connectivity index (χ4v) is 3.82. The van der Waals surface area contributed by atoms with E-state index in [1.807, 2.05) is 25.1 Å². The van der Waals surface area contributed by atoms with Crippen LogP contribution in [0.1, 0.15) is 26.7 Å². The molecule has 0 unspecified atom stereocenters. The molecule has 4 rings (SSSR count). The van der Waals surface area contributed by atoms with Crippen molar-refractivity contribution < 1.29 is 4.74 Å². The van der Waals surface area contributed by atoms with Gasteiger partial charge < -0.3 is 15.0 Å². The first-order valence-electron chi connectivity index (χ1n) is 9.17. The predicted molar refractivity (Wildman–Crippen MR) is 101 cm³/mol. The standard InChI is InChI=1S/C19H25N5O/c1-3-24-9-5-6-13(24)11-20-19-18-17(21-12-22-19)15-10-14(25-4-2)7-8-16(15)23-18/h7-8,10,12-13,23H,3-6,9,11H2,1-2H3,(H,20,21,22)/t13-/m1/s1. The van der Waals surface area contributed by atoms with Crippen LogP contribution in [0, 0.1) is 0 Å². The van der Waals surface area contributed by atoms with Crippen LogP contribution in [0.2, 0.25) is 0 Å². The van der Waals surface area contributed by atoms with Crippen molar-refractivity contribution in [3.8, 4) is 5.75 Å². The summed E-state index contributed by atoms with van der Waals surface area (Å²) in [7, 11) is 0. The van der Waals surface area contributed by atoms with Gasteiger partial charge in [-0.1, -0.05) is 6.92 Å². The Bertz CT molecular complexity index is 875. The van der Waals surface area contributed by atoms with E-state index < -0.39 is 0 Å². The summed E-state index contributed by atoms with van der Waals surface area (Å²) in [5.74, 6) is 1.75. The maximum atomic E-state index is 5.62. The molecular formula is C19H25N5O. The predicted octanol–water partition coefficient (Wildman–Crippen LogP) is 3.41. The molecule has 0 saturated carbocycles. The Kier molecular flexibility index (Phi) is 4.44. The van der Waals surface area contributed by atoms with Crippen LogP contribution in [-0.4, -0.2) is 52.1 Å². The van der Waals surface area contributed by atoms with Gasteiger partial charge in [-0.2, -0.15) is 0 Å². The van der Waals surface area contributed by atoms with E-state index in [4.69, 9.17) is 4.74 Å². The molecule has 3 heterocycles. The van der Waals surface area contributed by atoms with E-state index in [0.717, 1.165) is 46.6 Å². The SMILES string of the molecule is CCOc1ccc2[nH]c3c(NC[C@H]4CCCN4CC)ncnc3c2c1. The fourth-order valence-electron chi connectivity index (χ4n) is 3.82. The summed E-state index contributed by atoms with van der Waals surface area (Å²) < 4.78 is 5.62. The Morgan fingerprint density at radius 3 is 3.08 bits per heavy atom. The monoisotopic (exact) mass is 339 g/mol. The fraction of sp³-hybridized carbons (Fsp3) is 0.474. The second-order valence-electron chi connectivity index (χ2n) is 6.52. The van der Waals surface area contributed by atoms with Crippen LogP contribution < -0.4 is 10.1 Å². The van der Waals surface area contributed by atoms with Crippen LogP contribution >= 0.6 is 0 Å². The normalized spacial score (nSPS) is 18.2. The number of fused-ring (bicyclic) bond motifs is 3. The van der Waals surface area contributed by atoms with Gasteiger partial charge in [0, 0.05) is 23.5 Å². The Morgan fingerprint density at radius 1 is 1.32 bits per heavy atom. The van der Waals surface area contributed by atoms with Gasteiger partial charge >= 0.3 is 0 Å². The molecule has 0 aliphatic carbocycles. The average molecular weight is 339 g/mol. The van der Waals surface area contributed by atoms with E-state index in [1.165, 1.54) is 19.4 Å². The third-order valence-corrected chi connectivity index (χ3v) is 5.07. The topological polar surface area (TPSA) is 66.1 Å². The summed E-state index contributed by atoms with van der Waals surface area (Å²) in [6.07, 6.45) is 4.17. The highest BCUT2D eigenvalue weighted by Crippen LogP contribution is 2.30. The maximum Gasteiger partial charge on any atom is 0.153 e. The van der Waals surface area contributed by atoms with Crippen molar-refractivity contribution in [3.05, 3.63) is 24.5 Å². The molecule has 1 aliphatic heterocycles. The number of nitrogens with one attached hydrogen (secondary N) is 2. The quantitative estimate of drug-likeness (QED) is 0.720. The minimum absolute atomic E-state index is 0.587. The number of anilines is 1. The summed E-state index contributed by atoms with van der Waals surface area (Å²) in [5.41, 5.74) is 2.96. The number of hydrogen-bond acceptors (Lipinski definition) is 5. The number of likely N-dealkylation sites (N-methyl/N-ethyl adjacent to an activating group) is 1. The van der Waals surface area contributed by atoms with Gasteiger partial charge in [0.25, 0.3) is 0 Å². The average Bonchev–Trinajstić information content (AvgIpc) is 3.24. The van der Waals surface area contributed by atoms with Gasteiger partial charge in [-0.3, -0.25) is 4.90 Å². The molecular weight excluding hydrogens is 314 g/mol. The zero-order valence-corrected chi connectivity index (χ0v) is 14.9. The number of likely N-dealkylation sites (tertiary alicyclic amines) is 1. The van der Waals surface area contributed by atoms with Crippen molar-refractivity contribution in [2.75, 3.05) is 31.6 Å². The molecule has 1 aliphatic rings.